The van der Waals surface area contributed by atoms with Crippen molar-refractivity contribution in [2.24, 2.45) is 5.92 Å². The first-order valence-corrected chi connectivity index (χ1v) is 10.7. The molecule has 2 N–H and O–H groups in total. The van der Waals surface area contributed by atoms with Gasteiger partial charge in [0.15, 0.2) is 0 Å². The summed E-state index contributed by atoms with van der Waals surface area (Å²) in [7, 11) is 1.66. The van der Waals surface area contributed by atoms with Crippen molar-refractivity contribution in [3.8, 4) is 5.75 Å². The number of amides is 2. The number of para-hydroxylation sites is 2. The molecule has 0 aliphatic carbocycles. The van der Waals surface area contributed by atoms with Crippen molar-refractivity contribution in [2.45, 2.75) is 45.2 Å². The molecule has 0 saturated carbocycles. The van der Waals surface area contributed by atoms with E-state index in [2.05, 4.69) is 24.1 Å². The Labute approximate surface area is 177 Å². The molecule has 1 saturated heterocycles. The van der Waals surface area contributed by atoms with Crippen LogP contribution in [0, 0.1) is 5.92 Å². The summed E-state index contributed by atoms with van der Waals surface area (Å²) in [5.41, 5.74) is 3.03. The number of urea groups is 1. The Morgan fingerprint density at radius 3 is 2.63 bits per heavy atom. The number of piperidine rings is 1. The van der Waals surface area contributed by atoms with Gasteiger partial charge in [0.05, 0.1) is 30.2 Å². The molecule has 0 unspecified atom stereocenters. The van der Waals surface area contributed by atoms with Gasteiger partial charge in [0.2, 0.25) is 0 Å². The van der Waals surface area contributed by atoms with E-state index in [1.54, 1.807) is 7.11 Å². The molecule has 1 aliphatic rings. The molecule has 1 aliphatic heterocycles. The highest BCUT2D eigenvalue weighted by Gasteiger charge is 2.32. The highest BCUT2D eigenvalue weighted by atomic mass is 16.5. The molecule has 158 valence electrons. The van der Waals surface area contributed by atoms with Crippen LogP contribution in [0.25, 0.3) is 11.0 Å². The molecule has 30 heavy (non-hydrogen) atoms. The van der Waals surface area contributed by atoms with Crippen LogP contribution >= 0.6 is 0 Å². The van der Waals surface area contributed by atoms with Gasteiger partial charge in [0.25, 0.3) is 0 Å². The molecule has 1 fully saturated rings. The third kappa shape index (κ3) is 4.13. The summed E-state index contributed by atoms with van der Waals surface area (Å²) in [6, 6.07) is 15.8. The Balaban J connectivity index is 1.55. The van der Waals surface area contributed by atoms with E-state index in [4.69, 9.17) is 9.72 Å². The highest BCUT2D eigenvalue weighted by Crippen LogP contribution is 2.32. The number of nitrogens with zero attached hydrogens (tertiary/aromatic N) is 2. The molecule has 2 heterocycles. The number of nitrogens with one attached hydrogen (secondary N) is 2. The zero-order valence-corrected chi connectivity index (χ0v) is 17.9. The van der Waals surface area contributed by atoms with Crippen LogP contribution < -0.4 is 10.1 Å². The molecule has 2 atom stereocenters. The molecule has 1 aromatic heterocycles. The summed E-state index contributed by atoms with van der Waals surface area (Å²) in [6.07, 6.45) is 3.03. The van der Waals surface area contributed by atoms with Crippen molar-refractivity contribution in [1.29, 1.82) is 0 Å². The number of methoxy groups -OCH3 is 1. The van der Waals surface area contributed by atoms with E-state index >= 15 is 0 Å². The van der Waals surface area contributed by atoms with Gasteiger partial charge >= 0.3 is 6.03 Å². The lowest BCUT2D eigenvalue weighted by atomic mass is 9.96. The Morgan fingerprint density at radius 2 is 1.93 bits per heavy atom. The van der Waals surface area contributed by atoms with Crippen LogP contribution in [-0.2, 0) is 0 Å². The van der Waals surface area contributed by atoms with Crippen molar-refractivity contribution < 1.29 is 9.53 Å². The van der Waals surface area contributed by atoms with Crippen molar-refractivity contribution in [3.63, 3.8) is 0 Å². The van der Waals surface area contributed by atoms with E-state index in [1.807, 2.05) is 53.4 Å². The zero-order chi connectivity index (χ0) is 21.1. The summed E-state index contributed by atoms with van der Waals surface area (Å²) in [6.45, 7) is 4.99. The highest BCUT2D eigenvalue weighted by molar-refractivity contribution is 5.77. The Bertz CT molecular complexity index is 963. The van der Waals surface area contributed by atoms with Crippen molar-refractivity contribution >= 4 is 17.1 Å². The largest absolute Gasteiger partial charge is 0.497 e. The van der Waals surface area contributed by atoms with Crippen LogP contribution in [0.2, 0.25) is 0 Å². The normalized spacial score (nSPS) is 17.9. The predicted molar refractivity (Wildman–Crippen MR) is 118 cm³/mol. The number of H-pyrrole nitrogens is 1. The van der Waals surface area contributed by atoms with Crippen LogP contribution in [-0.4, -0.2) is 34.6 Å². The molecule has 4 rings (SSSR count). The predicted octanol–water partition coefficient (Wildman–Crippen LogP) is 5.21. The van der Waals surface area contributed by atoms with Gasteiger partial charge in [-0.3, -0.25) is 0 Å². The molecule has 6 heteroatoms. The van der Waals surface area contributed by atoms with Gasteiger partial charge in [-0.25, -0.2) is 9.78 Å². The number of rotatable bonds is 5. The van der Waals surface area contributed by atoms with Gasteiger partial charge in [-0.2, -0.15) is 0 Å². The zero-order valence-electron chi connectivity index (χ0n) is 17.9. The third-order valence-electron chi connectivity index (χ3n) is 5.91. The van der Waals surface area contributed by atoms with Gasteiger partial charge in [-0.1, -0.05) is 38.1 Å². The summed E-state index contributed by atoms with van der Waals surface area (Å²) in [5.74, 6) is 1.95. The van der Waals surface area contributed by atoms with E-state index in [-0.39, 0.29) is 24.0 Å². The van der Waals surface area contributed by atoms with Gasteiger partial charge < -0.3 is 19.9 Å². The lowest BCUT2D eigenvalue weighted by Crippen LogP contribution is -2.46. The maximum Gasteiger partial charge on any atom is 0.318 e. The molecule has 0 radical (unpaired) electrons. The van der Waals surface area contributed by atoms with E-state index in [0.29, 0.717) is 0 Å². The molecule has 0 bridgehead atoms. The lowest BCUT2D eigenvalue weighted by Gasteiger charge is -2.36. The number of aromatic nitrogens is 2. The summed E-state index contributed by atoms with van der Waals surface area (Å²) >= 11 is 0. The first-order valence-electron chi connectivity index (χ1n) is 10.7. The standard InChI is InChI=1S/C24H30N4O2/c1-16(2)22(17-11-13-18(30-3)14-12-17)27-24(29)28-15-7-6-10-21(28)23-25-19-8-4-5-9-20(19)26-23/h4-5,8-9,11-14,16,21-22H,6-7,10,15H2,1-3H3,(H,25,26)(H,27,29)/t21-,22-/m0/s1. The third-order valence-corrected chi connectivity index (χ3v) is 5.91. The van der Waals surface area contributed by atoms with E-state index < -0.39 is 0 Å². The topological polar surface area (TPSA) is 70.2 Å². The monoisotopic (exact) mass is 406 g/mol. The number of carbonyl (C=O) groups is 1. The van der Waals surface area contributed by atoms with Gasteiger partial charge in [0.1, 0.15) is 11.6 Å². The maximum atomic E-state index is 13.4. The molecule has 6 nitrogen and oxygen atoms in total. The number of benzene rings is 2. The number of aromatic amines is 1. The average molecular weight is 407 g/mol. The summed E-state index contributed by atoms with van der Waals surface area (Å²) < 4.78 is 5.27. The second kappa shape index (κ2) is 8.78. The fourth-order valence-corrected chi connectivity index (χ4v) is 4.25. The van der Waals surface area contributed by atoms with E-state index in [1.165, 1.54) is 0 Å². The van der Waals surface area contributed by atoms with Crippen LogP contribution in [0.3, 0.4) is 0 Å². The minimum absolute atomic E-state index is 0.0326. The van der Waals surface area contributed by atoms with Crippen molar-refractivity contribution in [3.05, 3.63) is 59.9 Å². The van der Waals surface area contributed by atoms with Crippen LogP contribution in [0.5, 0.6) is 5.75 Å². The quantitative estimate of drug-likeness (QED) is 0.611. The van der Waals surface area contributed by atoms with E-state index in [9.17, 15) is 4.79 Å². The number of fused-ring (bicyclic) bond motifs is 1. The first kappa shape index (κ1) is 20.3. The number of carbonyl (C=O) groups excluding carboxylic acids is 1. The van der Waals surface area contributed by atoms with E-state index in [0.717, 1.165) is 54.0 Å². The molecule has 2 amide bonds. The molecule has 3 aromatic rings. The molecular weight excluding hydrogens is 376 g/mol. The molecule has 0 spiro atoms. The number of imidazole rings is 1. The van der Waals surface area contributed by atoms with Crippen LogP contribution in [0.15, 0.2) is 48.5 Å². The second-order valence-corrected chi connectivity index (χ2v) is 8.29. The van der Waals surface area contributed by atoms with Gasteiger partial charge in [0, 0.05) is 6.54 Å². The van der Waals surface area contributed by atoms with Gasteiger partial charge in [-0.15, -0.1) is 0 Å². The molecule has 2 aromatic carbocycles. The molecular formula is C24H30N4O2. The lowest BCUT2D eigenvalue weighted by molar-refractivity contribution is 0.142. The fourth-order valence-electron chi connectivity index (χ4n) is 4.25. The SMILES string of the molecule is COc1ccc([C@@H](NC(=O)N2CCCC[C@H]2c2nc3ccccc3[nH]2)C(C)C)cc1. The second-order valence-electron chi connectivity index (χ2n) is 8.29. The van der Waals surface area contributed by atoms with Crippen LogP contribution in [0.1, 0.15) is 56.6 Å². The summed E-state index contributed by atoms with van der Waals surface area (Å²) in [4.78, 5) is 23.5. The van der Waals surface area contributed by atoms with Crippen molar-refractivity contribution in [1.82, 2.24) is 20.2 Å². The first-order chi connectivity index (χ1) is 14.6. The Kier molecular flexibility index (Phi) is 5.93. The summed E-state index contributed by atoms with van der Waals surface area (Å²) in [5, 5.41) is 3.28. The van der Waals surface area contributed by atoms with Crippen LogP contribution in [0.4, 0.5) is 4.79 Å². The smallest absolute Gasteiger partial charge is 0.318 e. The minimum atomic E-state index is -0.0679. The van der Waals surface area contributed by atoms with Gasteiger partial charge in [-0.05, 0) is 55.0 Å². The number of hydrogen-bond donors (Lipinski definition) is 2. The number of likely N-dealkylation sites (tertiary alicyclic amines) is 1. The average Bonchev–Trinajstić information content (AvgIpc) is 3.21. The number of hydrogen-bond acceptors (Lipinski definition) is 3. The Hall–Kier alpha value is -3.02. The fraction of sp³-hybridized carbons (Fsp3) is 0.417. The Morgan fingerprint density at radius 1 is 1.17 bits per heavy atom. The number of ether oxygens (including phenoxy) is 1. The maximum absolute atomic E-state index is 13.4. The minimum Gasteiger partial charge on any atom is -0.497 e. The van der Waals surface area contributed by atoms with Crippen molar-refractivity contribution in [2.75, 3.05) is 13.7 Å².